The van der Waals surface area contributed by atoms with Crippen LogP contribution in [0, 0.1) is 0 Å². The van der Waals surface area contributed by atoms with E-state index in [9.17, 15) is 0 Å². The molecular weight excluding hydrogens is 418 g/mol. The summed E-state index contributed by atoms with van der Waals surface area (Å²) in [7, 11) is 0. The van der Waals surface area contributed by atoms with Crippen LogP contribution in [0.4, 0.5) is 17.6 Å². The SMILES string of the molecule is CCc1cc(Nc2cc(C3CC3)nc(N3CCC[C@H]3c3cc(-c4ncccn4)no3)n2)n[nH]1. The maximum Gasteiger partial charge on any atom is 0.228 e. The van der Waals surface area contributed by atoms with Gasteiger partial charge in [0, 0.05) is 48.7 Å². The van der Waals surface area contributed by atoms with E-state index in [0.717, 1.165) is 54.6 Å². The summed E-state index contributed by atoms with van der Waals surface area (Å²) in [6, 6.07) is 7.79. The van der Waals surface area contributed by atoms with E-state index in [4.69, 9.17) is 14.5 Å². The number of H-pyrrole nitrogens is 1. The highest BCUT2D eigenvalue weighted by molar-refractivity contribution is 5.56. The summed E-state index contributed by atoms with van der Waals surface area (Å²) in [4.78, 5) is 20.6. The molecular formula is C23H25N9O. The molecule has 1 atom stereocenters. The monoisotopic (exact) mass is 443 g/mol. The number of hydrogen-bond acceptors (Lipinski definition) is 9. The number of rotatable bonds is 7. The van der Waals surface area contributed by atoms with Crippen molar-refractivity contribution in [2.45, 2.75) is 51.0 Å². The van der Waals surface area contributed by atoms with E-state index in [2.05, 4.69) is 42.5 Å². The Morgan fingerprint density at radius 3 is 2.76 bits per heavy atom. The standard InChI is InChI=1S/C23H25N9O/c1-2-15-11-21(30-29-15)27-20-13-16(14-6-7-14)26-23(28-20)32-10-3-5-18(32)19-12-17(31-33-19)22-24-8-4-9-25-22/h4,8-9,11-14,18H,2-3,5-7,10H2,1H3,(H2,26,27,28,29,30)/t18-/m0/s1. The van der Waals surface area contributed by atoms with Gasteiger partial charge in [0.25, 0.3) is 0 Å². The van der Waals surface area contributed by atoms with Crippen molar-refractivity contribution in [3.05, 3.63) is 53.8 Å². The van der Waals surface area contributed by atoms with E-state index < -0.39 is 0 Å². The third-order valence-electron chi connectivity index (χ3n) is 6.16. The predicted octanol–water partition coefficient (Wildman–Crippen LogP) is 4.17. The predicted molar refractivity (Wildman–Crippen MR) is 122 cm³/mol. The van der Waals surface area contributed by atoms with E-state index >= 15 is 0 Å². The summed E-state index contributed by atoms with van der Waals surface area (Å²) < 4.78 is 5.73. The van der Waals surface area contributed by atoms with Gasteiger partial charge in [0.2, 0.25) is 5.95 Å². The van der Waals surface area contributed by atoms with Crippen molar-refractivity contribution in [1.29, 1.82) is 0 Å². The Morgan fingerprint density at radius 1 is 1.09 bits per heavy atom. The van der Waals surface area contributed by atoms with Crippen molar-refractivity contribution >= 4 is 17.6 Å². The molecule has 1 aliphatic heterocycles. The largest absolute Gasteiger partial charge is 0.358 e. The van der Waals surface area contributed by atoms with Crippen LogP contribution in [0.2, 0.25) is 0 Å². The highest BCUT2D eigenvalue weighted by Crippen LogP contribution is 2.42. The number of hydrogen-bond donors (Lipinski definition) is 2. The average molecular weight is 444 g/mol. The maximum atomic E-state index is 5.73. The smallest absolute Gasteiger partial charge is 0.228 e. The Morgan fingerprint density at radius 2 is 1.97 bits per heavy atom. The Hall–Kier alpha value is -3.82. The van der Waals surface area contributed by atoms with Crippen molar-refractivity contribution in [2.24, 2.45) is 0 Å². The maximum absolute atomic E-state index is 5.73. The van der Waals surface area contributed by atoms with Gasteiger partial charge in [-0.15, -0.1) is 0 Å². The first-order chi connectivity index (χ1) is 16.3. The molecule has 0 spiro atoms. The van der Waals surface area contributed by atoms with Crippen LogP contribution in [0.1, 0.15) is 61.7 Å². The zero-order valence-corrected chi connectivity index (χ0v) is 18.4. The number of nitrogens with zero attached hydrogens (tertiary/aromatic N) is 7. The van der Waals surface area contributed by atoms with Crippen molar-refractivity contribution in [3.63, 3.8) is 0 Å². The van der Waals surface area contributed by atoms with Crippen molar-refractivity contribution < 1.29 is 4.52 Å². The molecule has 33 heavy (non-hydrogen) atoms. The fourth-order valence-corrected chi connectivity index (χ4v) is 4.26. The zero-order chi connectivity index (χ0) is 22.2. The van der Waals surface area contributed by atoms with Crippen LogP contribution in [0.5, 0.6) is 0 Å². The first kappa shape index (κ1) is 19.8. The lowest BCUT2D eigenvalue weighted by Crippen LogP contribution is -2.25. The number of nitrogens with one attached hydrogen (secondary N) is 2. The van der Waals surface area contributed by atoms with Gasteiger partial charge < -0.3 is 14.7 Å². The lowest BCUT2D eigenvalue weighted by atomic mass is 10.1. The Balaban J connectivity index is 1.30. The average Bonchev–Trinajstić information content (AvgIpc) is 3.23. The second kappa shape index (κ2) is 8.27. The van der Waals surface area contributed by atoms with E-state index in [1.165, 1.54) is 12.8 Å². The second-order valence-electron chi connectivity index (χ2n) is 8.55. The molecule has 4 aromatic rings. The third-order valence-corrected chi connectivity index (χ3v) is 6.16. The van der Waals surface area contributed by atoms with E-state index in [0.29, 0.717) is 23.4 Å². The van der Waals surface area contributed by atoms with Crippen LogP contribution in [0.3, 0.4) is 0 Å². The molecule has 2 N–H and O–H groups in total. The molecule has 1 aliphatic carbocycles. The van der Waals surface area contributed by atoms with Crippen LogP contribution in [0.25, 0.3) is 11.5 Å². The second-order valence-corrected chi connectivity index (χ2v) is 8.55. The van der Waals surface area contributed by atoms with Gasteiger partial charge in [0.1, 0.15) is 5.82 Å². The molecule has 2 fully saturated rings. The van der Waals surface area contributed by atoms with Crippen LogP contribution in [-0.4, -0.2) is 41.8 Å². The van der Waals surface area contributed by atoms with Crippen LogP contribution in [-0.2, 0) is 6.42 Å². The van der Waals surface area contributed by atoms with Gasteiger partial charge in [-0.2, -0.15) is 10.1 Å². The summed E-state index contributed by atoms with van der Waals surface area (Å²) in [5, 5.41) is 15.0. The Labute approximate surface area is 190 Å². The molecule has 1 saturated carbocycles. The van der Waals surface area contributed by atoms with E-state index in [1.807, 2.05) is 18.2 Å². The van der Waals surface area contributed by atoms with Gasteiger partial charge >= 0.3 is 0 Å². The number of anilines is 3. The first-order valence-corrected chi connectivity index (χ1v) is 11.5. The fraction of sp³-hybridized carbons (Fsp3) is 0.391. The summed E-state index contributed by atoms with van der Waals surface area (Å²) in [6.07, 6.45) is 8.62. The minimum Gasteiger partial charge on any atom is -0.358 e. The van der Waals surface area contributed by atoms with Gasteiger partial charge in [-0.25, -0.2) is 15.0 Å². The molecule has 168 valence electrons. The molecule has 10 heteroatoms. The third kappa shape index (κ3) is 4.04. The minimum absolute atomic E-state index is 0.0225. The van der Waals surface area contributed by atoms with E-state index in [-0.39, 0.29) is 6.04 Å². The normalized spacial score (nSPS) is 18.1. The summed E-state index contributed by atoms with van der Waals surface area (Å²) in [5.74, 6) is 4.08. The molecule has 10 nitrogen and oxygen atoms in total. The highest BCUT2D eigenvalue weighted by Gasteiger charge is 2.33. The summed E-state index contributed by atoms with van der Waals surface area (Å²) in [5.41, 5.74) is 2.80. The summed E-state index contributed by atoms with van der Waals surface area (Å²) in [6.45, 7) is 2.95. The van der Waals surface area contributed by atoms with E-state index in [1.54, 1.807) is 18.5 Å². The molecule has 6 rings (SSSR count). The van der Waals surface area contributed by atoms with Crippen LogP contribution < -0.4 is 10.2 Å². The van der Waals surface area contributed by atoms with Crippen molar-refractivity contribution in [2.75, 3.05) is 16.8 Å². The van der Waals surface area contributed by atoms with Gasteiger partial charge in [-0.1, -0.05) is 12.1 Å². The molecule has 1 saturated heterocycles. The van der Waals surface area contributed by atoms with Crippen molar-refractivity contribution in [3.8, 4) is 11.5 Å². The van der Waals surface area contributed by atoms with Gasteiger partial charge in [-0.05, 0) is 38.2 Å². The van der Waals surface area contributed by atoms with Gasteiger partial charge in [0.15, 0.2) is 23.1 Å². The molecule has 0 amide bonds. The van der Waals surface area contributed by atoms with Crippen molar-refractivity contribution in [1.82, 2.24) is 35.3 Å². The topological polar surface area (TPSA) is 122 Å². The molecule has 5 heterocycles. The summed E-state index contributed by atoms with van der Waals surface area (Å²) >= 11 is 0. The lowest BCUT2D eigenvalue weighted by molar-refractivity contribution is 0.362. The molecule has 0 unspecified atom stereocenters. The van der Waals surface area contributed by atoms with Gasteiger partial charge in [-0.3, -0.25) is 5.10 Å². The van der Waals surface area contributed by atoms with Gasteiger partial charge in [0.05, 0.1) is 11.7 Å². The lowest BCUT2D eigenvalue weighted by Gasteiger charge is -2.23. The molecule has 2 aliphatic rings. The zero-order valence-electron chi connectivity index (χ0n) is 18.4. The quantitative estimate of drug-likeness (QED) is 0.433. The molecule has 4 aromatic heterocycles. The number of aryl methyl sites for hydroxylation is 1. The first-order valence-electron chi connectivity index (χ1n) is 11.5. The molecule has 0 bridgehead atoms. The van der Waals surface area contributed by atoms with Crippen LogP contribution in [0.15, 0.2) is 41.2 Å². The Bertz CT molecular complexity index is 1250. The highest BCUT2D eigenvalue weighted by atomic mass is 16.5. The van der Waals surface area contributed by atoms with Crippen LogP contribution >= 0.6 is 0 Å². The number of aromatic amines is 1. The molecule has 0 aromatic carbocycles. The fourth-order valence-electron chi connectivity index (χ4n) is 4.26. The molecule has 0 radical (unpaired) electrons. The minimum atomic E-state index is 0.0225. The Kier molecular flexibility index (Phi) is 4.97. The number of aromatic nitrogens is 7.